The summed E-state index contributed by atoms with van der Waals surface area (Å²) in [6.07, 6.45) is 0. The fourth-order valence-electron chi connectivity index (χ4n) is 1.07. The van der Waals surface area contributed by atoms with E-state index in [2.05, 4.69) is 0 Å². The number of benzene rings is 1. The number of alkyl halides is 1. The van der Waals surface area contributed by atoms with Crippen molar-refractivity contribution in [2.75, 3.05) is 0 Å². The number of carbonyl (C=O) groups excluding carboxylic acids is 1. The monoisotopic (exact) mass is 335 g/mol. The van der Waals surface area contributed by atoms with Crippen LogP contribution >= 0.6 is 22.6 Å². The van der Waals surface area contributed by atoms with Crippen molar-refractivity contribution in [1.29, 1.82) is 0 Å². The number of nitrogens with zero attached hydrogens (tertiary/aromatic N) is 1. The van der Waals surface area contributed by atoms with E-state index < -0.39 is 4.92 Å². The van der Waals surface area contributed by atoms with Crippen LogP contribution in [0.2, 0.25) is 0 Å². The molecule has 0 bridgehead atoms. The third kappa shape index (κ3) is 3.44. The molecule has 86 valence electrons. The van der Waals surface area contributed by atoms with Crippen LogP contribution in [-0.2, 0) is 16.1 Å². The van der Waals surface area contributed by atoms with E-state index in [1.165, 1.54) is 6.07 Å². The van der Waals surface area contributed by atoms with Crippen LogP contribution in [0.25, 0.3) is 0 Å². The normalized spacial score (nSPS) is 11.9. The van der Waals surface area contributed by atoms with Gasteiger partial charge >= 0.3 is 5.97 Å². The molecule has 0 saturated carbocycles. The van der Waals surface area contributed by atoms with E-state index in [9.17, 15) is 14.9 Å². The third-order valence-electron chi connectivity index (χ3n) is 1.88. The Morgan fingerprint density at radius 1 is 1.56 bits per heavy atom. The highest BCUT2D eigenvalue weighted by Crippen LogP contribution is 2.18. The van der Waals surface area contributed by atoms with Gasteiger partial charge < -0.3 is 4.74 Å². The van der Waals surface area contributed by atoms with Crippen LogP contribution in [0, 0.1) is 10.1 Å². The van der Waals surface area contributed by atoms with E-state index in [1.807, 2.05) is 22.6 Å². The number of nitro benzene ring substituents is 1. The minimum Gasteiger partial charge on any atom is -0.460 e. The number of hydrogen-bond acceptors (Lipinski definition) is 4. The molecule has 0 aromatic heterocycles. The number of halogens is 1. The van der Waals surface area contributed by atoms with Gasteiger partial charge in [-0.25, -0.2) is 0 Å². The molecule has 0 saturated heterocycles. The second kappa shape index (κ2) is 5.78. The summed E-state index contributed by atoms with van der Waals surface area (Å²) in [7, 11) is 0. The molecule has 0 aliphatic rings. The van der Waals surface area contributed by atoms with Crippen LogP contribution in [0.1, 0.15) is 12.5 Å². The van der Waals surface area contributed by atoms with Gasteiger partial charge in [-0.2, -0.15) is 0 Å². The molecule has 1 rings (SSSR count). The van der Waals surface area contributed by atoms with Crippen LogP contribution in [-0.4, -0.2) is 14.8 Å². The lowest BCUT2D eigenvalue weighted by molar-refractivity contribution is -0.385. The van der Waals surface area contributed by atoms with Gasteiger partial charge in [0.25, 0.3) is 5.69 Å². The lowest BCUT2D eigenvalue weighted by Gasteiger charge is -2.06. The van der Waals surface area contributed by atoms with Gasteiger partial charge in [0.2, 0.25) is 0 Å². The van der Waals surface area contributed by atoms with E-state index in [0.29, 0.717) is 5.56 Å². The molecule has 0 fully saturated rings. The van der Waals surface area contributed by atoms with Gasteiger partial charge in [-0.3, -0.25) is 14.9 Å². The molecular weight excluding hydrogens is 325 g/mol. The first-order valence-electron chi connectivity index (χ1n) is 4.55. The molecule has 5 nitrogen and oxygen atoms in total. The molecule has 16 heavy (non-hydrogen) atoms. The average molecular weight is 335 g/mol. The van der Waals surface area contributed by atoms with Gasteiger partial charge in [0, 0.05) is 6.07 Å². The first kappa shape index (κ1) is 12.9. The number of carbonyl (C=O) groups is 1. The summed E-state index contributed by atoms with van der Waals surface area (Å²) >= 11 is 1.92. The molecule has 0 heterocycles. The van der Waals surface area contributed by atoms with Gasteiger partial charge in [-0.15, -0.1) is 0 Å². The van der Waals surface area contributed by atoms with Crippen molar-refractivity contribution in [3.8, 4) is 0 Å². The van der Waals surface area contributed by atoms with Crippen molar-refractivity contribution >= 4 is 34.2 Å². The molecule has 0 N–H and O–H groups in total. The van der Waals surface area contributed by atoms with E-state index in [-0.39, 0.29) is 22.2 Å². The van der Waals surface area contributed by atoms with Crippen molar-refractivity contribution < 1.29 is 14.5 Å². The predicted octanol–water partition coefficient (Wildman–Crippen LogP) is 2.46. The second-order valence-corrected chi connectivity index (χ2v) is 4.98. The van der Waals surface area contributed by atoms with Gasteiger partial charge in [-0.05, 0) is 13.0 Å². The summed E-state index contributed by atoms with van der Waals surface area (Å²) in [6.45, 7) is 1.63. The maximum absolute atomic E-state index is 11.2. The zero-order chi connectivity index (χ0) is 12.1. The highest BCUT2D eigenvalue weighted by Gasteiger charge is 2.15. The minimum atomic E-state index is -0.489. The zero-order valence-electron chi connectivity index (χ0n) is 8.55. The number of nitro groups is 1. The largest absolute Gasteiger partial charge is 0.460 e. The van der Waals surface area contributed by atoms with Crippen molar-refractivity contribution in [2.45, 2.75) is 17.5 Å². The summed E-state index contributed by atoms with van der Waals surface area (Å²) in [4.78, 5) is 21.4. The van der Waals surface area contributed by atoms with E-state index in [1.54, 1.807) is 25.1 Å². The van der Waals surface area contributed by atoms with Gasteiger partial charge in [0.15, 0.2) is 0 Å². The molecular formula is C10H10INO4. The number of ether oxygens (including phenoxy) is 1. The lowest BCUT2D eigenvalue weighted by Crippen LogP contribution is -2.14. The minimum absolute atomic E-state index is 0.0311. The molecule has 0 aliphatic carbocycles. The first-order valence-corrected chi connectivity index (χ1v) is 5.80. The standard InChI is InChI=1S/C10H10INO4/c1-7(11)10(13)16-6-8-4-2-3-5-9(8)12(14)15/h2-5,7H,6H2,1H3. The average Bonchev–Trinajstić information content (AvgIpc) is 2.25. The number of hydrogen-bond donors (Lipinski definition) is 0. The quantitative estimate of drug-likeness (QED) is 0.279. The Bertz CT molecular complexity index is 406. The highest BCUT2D eigenvalue weighted by atomic mass is 127. The van der Waals surface area contributed by atoms with Crippen LogP contribution < -0.4 is 0 Å². The van der Waals surface area contributed by atoms with E-state index >= 15 is 0 Å². The summed E-state index contributed by atoms with van der Waals surface area (Å²) < 4.78 is 4.67. The fourth-order valence-corrected chi connectivity index (χ4v) is 1.25. The van der Waals surface area contributed by atoms with Gasteiger partial charge in [0.05, 0.1) is 10.5 Å². The lowest BCUT2D eigenvalue weighted by atomic mass is 10.2. The van der Waals surface area contributed by atoms with Gasteiger partial charge in [-0.1, -0.05) is 34.7 Å². The molecule has 0 radical (unpaired) electrons. The summed E-state index contributed by atoms with van der Waals surface area (Å²) in [5, 5.41) is 10.7. The van der Waals surface area contributed by atoms with Crippen LogP contribution in [0.3, 0.4) is 0 Å². The Morgan fingerprint density at radius 3 is 2.75 bits per heavy atom. The Morgan fingerprint density at radius 2 is 2.19 bits per heavy atom. The Balaban J connectivity index is 2.74. The molecule has 6 heteroatoms. The molecule has 0 spiro atoms. The second-order valence-electron chi connectivity index (χ2n) is 3.11. The van der Waals surface area contributed by atoms with Crippen LogP contribution in [0.5, 0.6) is 0 Å². The number of para-hydroxylation sites is 1. The summed E-state index contributed by atoms with van der Waals surface area (Å²) in [5.74, 6) is -0.376. The van der Waals surface area contributed by atoms with E-state index in [4.69, 9.17) is 4.74 Å². The first-order chi connectivity index (χ1) is 7.52. The van der Waals surface area contributed by atoms with Crippen molar-refractivity contribution in [2.24, 2.45) is 0 Å². The maximum atomic E-state index is 11.2. The van der Waals surface area contributed by atoms with Crippen molar-refractivity contribution in [1.82, 2.24) is 0 Å². The van der Waals surface area contributed by atoms with Crippen LogP contribution in [0.4, 0.5) is 5.69 Å². The molecule has 1 unspecified atom stereocenters. The number of rotatable bonds is 4. The van der Waals surface area contributed by atoms with Crippen molar-refractivity contribution in [3.05, 3.63) is 39.9 Å². The Labute approximate surface area is 106 Å². The zero-order valence-corrected chi connectivity index (χ0v) is 10.7. The molecule has 0 aliphatic heterocycles. The highest BCUT2D eigenvalue weighted by molar-refractivity contribution is 14.1. The number of esters is 1. The van der Waals surface area contributed by atoms with Gasteiger partial charge in [0.1, 0.15) is 10.5 Å². The molecule has 0 amide bonds. The summed E-state index contributed by atoms with van der Waals surface area (Å²) in [5.41, 5.74) is 0.370. The Kier molecular flexibility index (Phi) is 4.66. The topological polar surface area (TPSA) is 69.4 Å². The molecule has 1 aromatic rings. The third-order valence-corrected chi connectivity index (χ3v) is 2.39. The molecule has 1 aromatic carbocycles. The smallest absolute Gasteiger partial charge is 0.318 e. The maximum Gasteiger partial charge on any atom is 0.318 e. The summed E-state index contributed by atoms with van der Waals surface area (Å²) in [6, 6.07) is 6.20. The Hall–Kier alpha value is -1.18. The SMILES string of the molecule is CC(I)C(=O)OCc1ccccc1[N+](=O)[O-]. The van der Waals surface area contributed by atoms with Crippen molar-refractivity contribution in [3.63, 3.8) is 0 Å². The molecule has 1 atom stereocenters. The fraction of sp³-hybridized carbons (Fsp3) is 0.300. The van der Waals surface area contributed by atoms with Crippen LogP contribution in [0.15, 0.2) is 24.3 Å². The van der Waals surface area contributed by atoms with E-state index in [0.717, 1.165) is 0 Å². The predicted molar refractivity (Wildman–Crippen MR) is 66.4 cm³/mol.